The second kappa shape index (κ2) is 6.89. The first-order valence-corrected chi connectivity index (χ1v) is 10.00. The van der Waals surface area contributed by atoms with Crippen LogP contribution in [0.4, 0.5) is 16.2 Å². The number of nitrogens with one attached hydrogen (secondary N) is 3. The van der Waals surface area contributed by atoms with E-state index in [1.165, 1.54) is 18.2 Å². The second-order valence-electron chi connectivity index (χ2n) is 4.83. The molecule has 0 saturated carbocycles. The van der Waals surface area contributed by atoms with Crippen LogP contribution in [-0.2, 0) is 20.0 Å². The molecule has 0 radical (unpaired) electrons. The molecule has 0 aliphatic rings. The molecule has 0 aromatic heterocycles. The molecule has 10 heteroatoms. The zero-order chi connectivity index (χ0) is 17.8. The molecule has 0 spiro atoms. The van der Waals surface area contributed by atoms with Crippen LogP contribution in [0.1, 0.15) is 0 Å². The molecule has 0 unspecified atom stereocenters. The first-order valence-electron chi connectivity index (χ1n) is 6.62. The highest BCUT2D eigenvalue weighted by Crippen LogP contribution is 2.16. The number of hydrogen-bond donors (Lipinski definition) is 3. The maximum absolute atomic E-state index is 12.2. The van der Waals surface area contributed by atoms with Gasteiger partial charge in [0.1, 0.15) is 0 Å². The Labute approximate surface area is 140 Å². The lowest BCUT2D eigenvalue weighted by Crippen LogP contribution is -2.34. The lowest BCUT2D eigenvalue weighted by molar-refractivity contribution is 0.256. The molecular weight excluding hydrogens is 354 g/mol. The molecule has 0 saturated heterocycles. The zero-order valence-corrected chi connectivity index (χ0v) is 14.2. The third-order valence-corrected chi connectivity index (χ3v) is 4.64. The average molecular weight is 369 g/mol. The third-order valence-electron chi connectivity index (χ3n) is 2.71. The van der Waals surface area contributed by atoms with Crippen molar-refractivity contribution in [1.29, 1.82) is 0 Å². The molecule has 24 heavy (non-hydrogen) atoms. The lowest BCUT2D eigenvalue weighted by Gasteiger charge is -2.10. The van der Waals surface area contributed by atoms with Gasteiger partial charge >= 0.3 is 6.03 Å². The van der Waals surface area contributed by atoms with E-state index in [2.05, 4.69) is 10.0 Å². The van der Waals surface area contributed by atoms with Crippen LogP contribution in [0.25, 0.3) is 0 Å². The minimum Gasteiger partial charge on any atom is -0.307 e. The minimum absolute atomic E-state index is 0.0730. The number of para-hydroxylation sites is 1. The predicted molar refractivity (Wildman–Crippen MR) is 90.7 cm³/mol. The Morgan fingerprint density at radius 2 is 1.50 bits per heavy atom. The van der Waals surface area contributed by atoms with Gasteiger partial charge in [0.25, 0.3) is 10.0 Å². The molecule has 2 aromatic carbocycles. The van der Waals surface area contributed by atoms with Crippen LogP contribution in [0.3, 0.4) is 0 Å². The number of urea groups is 1. The number of anilines is 2. The molecule has 128 valence electrons. The fourth-order valence-corrected chi connectivity index (χ4v) is 3.31. The molecule has 0 heterocycles. The maximum atomic E-state index is 12.2. The summed E-state index contributed by atoms with van der Waals surface area (Å²) in [5.41, 5.74) is 0.501. The topological polar surface area (TPSA) is 121 Å². The number of amides is 2. The van der Waals surface area contributed by atoms with Gasteiger partial charge in [-0.05, 0) is 30.3 Å². The summed E-state index contributed by atoms with van der Waals surface area (Å²) in [5, 5.41) is 2.38. The van der Waals surface area contributed by atoms with Crippen molar-refractivity contribution in [2.75, 3.05) is 16.3 Å². The van der Waals surface area contributed by atoms with Crippen molar-refractivity contribution in [1.82, 2.24) is 4.72 Å². The van der Waals surface area contributed by atoms with E-state index in [1.54, 1.807) is 30.3 Å². The largest absolute Gasteiger partial charge is 0.333 e. The van der Waals surface area contributed by atoms with Gasteiger partial charge in [-0.1, -0.05) is 24.3 Å². The van der Waals surface area contributed by atoms with Crippen LogP contribution >= 0.6 is 0 Å². The normalized spacial score (nSPS) is 11.5. The summed E-state index contributed by atoms with van der Waals surface area (Å²) < 4.78 is 50.8. The summed E-state index contributed by atoms with van der Waals surface area (Å²) in [6.07, 6.45) is 0.944. The van der Waals surface area contributed by atoms with Crippen molar-refractivity contribution in [3.63, 3.8) is 0 Å². The van der Waals surface area contributed by atoms with Crippen LogP contribution in [0.2, 0.25) is 0 Å². The smallest absolute Gasteiger partial charge is 0.307 e. The van der Waals surface area contributed by atoms with Crippen molar-refractivity contribution in [2.24, 2.45) is 0 Å². The molecule has 2 aromatic rings. The highest BCUT2D eigenvalue weighted by Gasteiger charge is 2.18. The number of carbonyl (C=O) groups is 1. The van der Waals surface area contributed by atoms with Crippen LogP contribution in [-0.4, -0.2) is 29.1 Å². The predicted octanol–water partition coefficient (Wildman–Crippen LogP) is 1.57. The summed E-state index contributed by atoms with van der Waals surface area (Å²) >= 11 is 0. The number of carbonyl (C=O) groups excluding carboxylic acids is 1. The Morgan fingerprint density at radius 3 is 2.12 bits per heavy atom. The Bertz CT molecular complexity index is 941. The number of rotatable bonds is 5. The van der Waals surface area contributed by atoms with Gasteiger partial charge in [-0.25, -0.2) is 26.4 Å². The quantitative estimate of drug-likeness (QED) is 0.738. The third kappa shape index (κ3) is 5.25. The fourth-order valence-electron chi connectivity index (χ4n) is 1.80. The summed E-state index contributed by atoms with van der Waals surface area (Å²) in [6.45, 7) is 0. The Balaban J connectivity index is 2.15. The van der Waals surface area contributed by atoms with Crippen molar-refractivity contribution in [3.05, 3.63) is 54.6 Å². The Kier molecular flexibility index (Phi) is 5.10. The SMILES string of the molecule is CS(=O)(=O)Nc1cccc(S(=O)(=O)NC(=O)Nc2ccccc2)c1. The van der Waals surface area contributed by atoms with E-state index >= 15 is 0 Å². The molecule has 2 rings (SSSR count). The Morgan fingerprint density at radius 1 is 0.875 bits per heavy atom. The molecule has 0 bridgehead atoms. The molecule has 2 amide bonds. The van der Waals surface area contributed by atoms with Gasteiger partial charge in [0.05, 0.1) is 11.2 Å². The molecule has 8 nitrogen and oxygen atoms in total. The first kappa shape index (κ1) is 17.8. The number of hydrogen-bond acceptors (Lipinski definition) is 5. The van der Waals surface area contributed by atoms with Gasteiger partial charge in [-0.3, -0.25) is 4.72 Å². The average Bonchev–Trinajstić information content (AvgIpc) is 2.46. The van der Waals surface area contributed by atoms with E-state index in [0.29, 0.717) is 5.69 Å². The van der Waals surface area contributed by atoms with Crippen molar-refractivity contribution < 1.29 is 21.6 Å². The van der Waals surface area contributed by atoms with E-state index in [1.807, 2.05) is 4.72 Å². The Hall–Kier alpha value is -2.59. The van der Waals surface area contributed by atoms with Crippen LogP contribution in [0, 0.1) is 0 Å². The molecule has 3 N–H and O–H groups in total. The van der Waals surface area contributed by atoms with E-state index in [-0.39, 0.29) is 10.6 Å². The summed E-state index contributed by atoms with van der Waals surface area (Å²) in [5.74, 6) is 0. The van der Waals surface area contributed by atoms with Gasteiger partial charge < -0.3 is 5.32 Å². The number of benzene rings is 2. The van der Waals surface area contributed by atoms with E-state index < -0.39 is 26.1 Å². The summed E-state index contributed by atoms with van der Waals surface area (Å²) in [4.78, 5) is 11.6. The standard InChI is InChI=1S/C14H15N3O5S2/c1-23(19,20)16-12-8-5-9-13(10-12)24(21,22)17-14(18)15-11-6-3-2-4-7-11/h2-10,16H,1H3,(H2,15,17,18). The fraction of sp³-hybridized carbons (Fsp3) is 0.0714. The van der Waals surface area contributed by atoms with E-state index in [0.717, 1.165) is 12.3 Å². The minimum atomic E-state index is -4.15. The van der Waals surface area contributed by atoms with Gasteiger partial charge in [-0.2, -0.15) is 0 Å². The molecule has 0 fully saturated rings. The van der Waals surface area contributed by atoms with Gasteiger partial charge in [0.15, 0.2) is 0 Å². The molecule has 0 aliphatic carbocycles. The summed E-state index contributed by atoms with van der Waals surface area (Å²) in [7, 11) is -7.70. The van der Waals surface area contributed by atoms with Crippen molar-refractivity contribution in [3.8, 4) is 0 Å². The zero-order valence-electron chi connectivity index (χ0n) is 12.6. The van der Waals surface area contributed by atoms with Gasteiger partial charge in [0, 0.05) is 11.4 Å². The van der Waals surface area contributed by atoms with E-state index in [4.69, 9.17) is 0 Å². The molecular formula is C14H15N3O5S2. The van der Waals surface area contributed by atoms with Gasteiger partial charge in [-0.15, -0.1) is 0 Å². The lowest BCUT2D eigenvalue weighted by atomic mass is 10.3. The monoisotopic (exact) mass is 369 g/mol. The van der Waals surface area contributed by atoms with E-state index in [9.17, 15) is 21.6 Å². The van der Waals surface area contributed by atoms with Gasteiger partial charge in [0.2, 0.25) is 10.0 Å². The first-order chi connectivity index (χ1) is 11.2. The second-order valence-corrected chi connectivity index (χ2v) is 8.26. The van der Waals surface area contributed by atoms with Crippen LogP contribution in [0.5, 0.6) is 0 Å². The molecule has 0 aliphatic heterocycles. The highest BCUT2D eigenvalue weighted by atomic mass is 32.2. The van der Waals surface area contributed by atoms with Crippen molar-refractivity contribution in [2.45, 2.75) is 4.90 Å². The number of sulfonamides is 2. The summed E-state index contributed by atoms with van der Waals surface area (Å²) in [6, 6.07) is 12.5. The maximum Gasteiger partial charge on any atom is 0.333 e. The van der Waals surface area contributed by atoms with Crippen LogP contribution < -0.4 is 14.8 Å². The van der Waals surface area contributed by atoms with Crippen LogP contribution in [0.15, 0.2) is 59.5 Å². The van der Waals surface area contributed by atoms with Crippen molar-refractivity contribution >= 4 is 37.5 Å². The highest BCUT2D eigenvalue weighted by molar-refractivity contribution is 7.92. The molecule has 0 atom stereocenters.